The number of benzene rings is 1. The minimum atomic E-state index is -0.327. The van der Waals surface area contributed by atoms with Crippen LogP contribution in [0.25, 0.3) is 6.08 Å². The number of methoxy groups -OCH3 is 1. The van der Waals surface area contributed by atoms with Gasteiger partial charge in [0.05, 0.1) is 12.0 Å². The van der Waals surface area contributed by atoms with Gasteiger partial charge in [-0.05, 0) is 35.5 Å². The molecule has 5 nitrogen and oxygen atoms in total. The van der Waals surface area contributed by atoms with E-state index in [-0.39, 0.29) is 24.3 Å². The Morgan fingerprint density at radius 1 is 1.39 bits per heavy atom. The van der Waals surface area contributed by atoms with E-state index >= 15 is 0 Å². The van der Waals surface area contributed by atoms with Crippen LogP contribution in [0.3, 0.4) is 0 Å². The van der Waals surface area contributed by atoms with Crippen LogP contribution in [-0.2, 0) is 4.79 Å². The van der Waals surface area contributed by atoms with E-state index in [1.54, 1.807) is 24.3 Å². The fourth-order valence-electron chi connectivity index (χ4n) is 1.95. The van der Waals surface area contributed by atoms with E-state index in [0.717, 1.165) is 22.2 Å². The largest absolute Gasteiger partial charge is 0.493 e. The quantitative estimate of drug-likeness (QED) is 0.456. The molecule has 1 aliphatic rings. The predicted octanol–water partition coefficient (Wildman–Crippen LogP) is 2.93. The van der Waals surface area contributed by atoms with Crippen LogP contribution in [0, 0.1) is 12.3 Å². The summed E-state index contributed by atoms with van der Waals surface area (Å²) in [7, 11) is 1.51. The highest BCUT2D eigenvalue weighted by atomic mass is 32.2. The van der Waals surface area contributed by atoms with Crippen LogP contribution in [0.1, 0.15) is 5.56 Å². The van der Waals surface area contributed by atoms with Crippen molar-refractivity contribution in [3.8, 4) is 23.8 Å². The van der Waals surface area contributed by atoms with E-state index in [2.05, 4.69) is 12.5 Å². The van der Waals surface area contributed by atoms with Crippen LogP contribution in [-0.4, -0.2) is 36.3 Å². The van der Waals surface area contributed by atoms with E-state index < -0.39 is 0 Å². The van der Waals surface area contributed by atoms with Crippen LogP contribution >= 0.6 is 11.8 Å². The smallest absolute Gasteiger partial charge is 0.293 e. The minimum Gasteiger partial charge on any atom is -0.493 e. The Labute approximate surface area is 138 Å². The molecule has 0 atom stereocenters. The molecular weight excluding hydrogens is 314 g/mol. The van der Waals surface area contributed by atoms with Crippen LogP contribution in [0.15, 0.2) is 35.8 Å². The Hall–Kier alpha value is -2.65. The van der Waals surface area contributed by atoms with Crippen LogP contribution in [0.2, 0.25) is 0 Å². The number of carbonyl (C=O) groups excluding carboxylic acids is 2. The first-order valence-corrected chi connectivity index (χ1v) is 7.53. The zero-order valence-corrected chi connectivity index (χ0v) is 13.4. The number of nitrogens with zero attached hydrogens (tertiary/aromatic N) is 1. The lowest BCUT2D eigenvalue weighted by Crippen LogP contribution is -2.27. The molecule has 0 bridgehead atoms. The zero-order valence-electron chi connectivity index (χ0n) is 12.6. The number of hydrogen-bond donors (Lipinski definition) is 0. The van der Waals surface area contributed by atoms with Crippen molar-refractivity contribution in [3.63, 3.8) is 0 Å². The molecule has 0 radical (unpaired) electrons. The topological polar surface area (TPSA) is 55.8 Å². The first-order chi connectivity index (χ1) is 11.1. The molecule has 6 heteroatoms. The summed E-state index contributed by atoms with van der Waals surface area (Å²) in [5, 5.41) is -0.304. The molecule has 1 aromatic rings. The lowest BCUT2D eigenvalue weighted by Gasteiger charge is -2.09. The van der Waals surface area contributed by atoms with Crippen LogP contribution < -0.4 is 9.47 Å². The molecule has 0 aromatic heterocycles. The van der Waals surface area contributed by atoms with Gasteiger partial charge in [0.15, 0.2) is 11.5 Å². The highest BCUT2D eigenvalue weighted by Crippen LogP contribution is 2.34. The highest BCUT2D eigenvalue weighted by Gasteiger charge is 2.34. The maximum absolute atomic E-state index is 12.2. The number of hydrogen-bond acceptors (Lipinski definition) is 5. The summed E-state index contributed by atoms with van der Waals surface area (Å²) in [4.78, 5) is 25.5. The second-order valence-electron chi connectivity index (χ2n) is 4.48. The number of ether oxygens (including phenoxy) is 2. The normalized spacial score (nSPS) is 15.7. The zero-order chi connectivity index (χ0) is 16.8. The van der Waals surface area contributed by atoms with Gasteiger partial charge in [0, 0.05) is 6.54 Å². The first-order valence-electron chi connectivity index (χ1n) is 6.71. The summed E-state index contributed by atoms with van der Waals surface area (Å²) in [5.74, 6) is 3.07. The molecule has 0 N–H and O–H groups in total. The van der Waals surface area contributed by atoms with Gasteiger partial charge >= 0.3 is 0 Å². The Bertz CT molecular complexity index is 718. The standard InChI is InChI=1S/C17H15NO4S/c1-4-8-18-16(19)15(23-17(18)20)11-12-6-7-13(22-9-5-2)14(10-12)21-3/h2,4,6-7,10-11H,1,8-9H2,3H3/b15-11+. The molecule has 2 rings (SSSR count). The molecule has 2 amide bonds. The van der Waals surface area contributed by atoms with Gasteiger partial charge in [-0.1, -0.05) is 18.1 Å². The second-order valence-corrected chi connectivity index (χ2v) is 5.48. The van der Waals surface area contributed by atoms with Gasteiger partial charge in [0.2, 0.25) is 0 Å². The lowest BCUT2D eigenvalue weighted by molar-refractivity contribution is -0.122. The van der Waals surface area contributed by atoms with Crippen LogP contribution in [0.4, 0.5) is 4.79 Å². The molecule has 0 aliphatic carbocycles. The Kier molecular flexibility index (Phi) is 5.50. The first kappa shape index (κ1) is 16.7. The summed E-state index contributed by atoms with van der Waals surface area (Å²) in [5.41, 5.74) is 0.721. The summed E-state index contributed by atoms with van der Waals surface area (Å²) < 4.78 is 10.6. The molecule has 0 saturated carbocycles. The maximum Gasteiger partial charge on any atom is 0.293 e. The third-order valence-corrected chi connectivity index (χ3v) is 3.89. The SMILES string of the molecule is C#CCOc1ccc(/C=C2/SC(=O)N(CC=C)C2=O)cc1OC. The van der Waals surface area contributed by atoms with Crippen molar-refractivity contribution in [1.29, 1.82) is 0 Å². The molecule has 1 aliphatic heterocycles. The Morgan fingerprint density at radius 2 is 2.17 bits per heavy atom. The fraction of sp³-hybridized carbons (Fsp3) is 0.176. The summed E-state index contributed by atoms with van der Waals surface area (Å²) in [6.45, 7) is 3.87. The van der Waals surface area contributed by atoms with Crippen molar-refractivity contribution in [3.05, 3.63) is 41.3 Å². The molecule has 1 fully saturated rings. The van der Waals surface area contributed by atoms with Gasteiger partial charge in [0.1, 0.15) is 6.61 Å². The lowest BCUT2D eigenvalue weighted by atomic mass is 10.2. The third-order valence-electron chi connectivity index (χ3n) is 2.98. The monoisotopic (exact) mass is 329 g/mol. The van der Waals surface area contributed by atoms with Crippen molar-refractivity contribution in [1.82, 2.24) is 4.90 Å². The Balaban J connectivity index is 2.26. The number of terminal acetylenes is 1. The van der Waals surface area contributed by atoms with Crippen molar-refractivity contribution >= 4 is 29.0 Å². The van der Waals surface area contributed by atoms with Gasteiger partial charge in [-0.15, -0.1) is 13.0 Å². The summed E-state index contributed by atoms with van der Waals surface area (Å²) in [6, 6.07) is 5.18. The number of amides is 2. The van der Waals surface area contributed by atoms with Gasteiger partial charge < -0.3 is 9.47 Å². The molecule has 118 valence electrons. The van der Waals surface area contributed by atoms with Gasteiger partial charge in [-0.3, -0.25) is 14.5 Å². The van der Waals surface area contributed by atoms with E-state index in [9.17, 15) is 9.59 Å². The van der Waals surface area contributed by atoms with E-state index in [4.69, 9.17) is 15.9 Å². The highest BCUT2D eigenvalue weighted by molar-refractivity contribution is 8.18. The molecule has 1 saturated heterocycles. The van der Waals surface area contributed by atoms with Crippen molar-refractivity contribution in [2.75, 3.05) is 20.3 Å². The van der Waals surface area contributed by atoms with Gasteiger partial charge in [-0.2, -0.15) is 0 Å². The number of carbonyl (C=O) groups is 2. The second kappa shape index (κ2) is 7.56. The number of imide groups is 1. The van der Waals surface area contributed by atoms with Gasteiger partial charge in [0.25, 0.3) is 11.1 Å². The molecule has 23 heavy (non-hydrogen) atoms. The molecular formula is C17H15NO4S. The van der Waals surface area contributed by atoms with E-state index in [1.807, 2.05) is 0 Å². The summed E-state index contributed by atoms with van der Waals surface area (Å²) >= 11 is 0.900. The van der Waals surface area contributed by atoms with Gasteiger partial charge in [-0.25, -0.2) is 0 Å². The average Bonchev–Trinajstić information content (AvgIpc) is 2.81. The molecule has 1 heterocycles. The van der Waals surface area contributed by atoms with Crippen molar-refractivity contribution in [2.24, 2.45) is 0 Å². The van der Waals surface area contributed by atoms with Crippen molar-refractivity contribution < 1.29 is 19.1 Å². The molecule has 0 unspecified atom stereocenters. The third kappa shape index (κ3) is 3.76. The fourth-order valence-corrected chi connectivity index (χ4v) is 2.80. The number of thioether (sulfide) groups is 1. The van der Waals surface area contributed by atoms with E-state index in [0.29, 0.717) is 16.4 Å². The number of rotatable bonds is 6. The summed E-state index contributed by atoms with van der Waals surface area (Å²) in [6.07, 6.45) is 8.32. The van der Waals surface area contributed by atoms with Crippen LogP contribution in [0.5, 0.6) is 11.5 Å². The Morgan fingerprint density at radius 3 is 2.83 bits per heavy atom. The average molecular weight is 329 g/mol. The molecule has 1 aromatic carbocycles. The maximum atomic E-state index is 12.2. The van der Waals surface area contributed by atoms with E-state index in [1.165, 1.54) is 13.2 Å². The predicted molar refractivity (Wildman–Crippen MR) is 90.2 cm³/mol. The molecule has 0 spiro atoms. The van der Waals surface area contributed by atoms with Crippen molar-refractivity contribution in [2.45, 2.75) is 0 Å². The minimum absolute atomic E-state index is 0.135.